The van der Waals surface area contributed by atoms with Crippen molar-refractivity contribution < 1.29 is 46.2 Å². The zero-order chi connectivity index (χ0) is 40.7. The number of piperazine rings is 1. The van der Waals surface area contributed by atoms with Crippen LogP contribution in [0.1, 0.15) is 45.5 Å². The molecule has 0 radical (unpaired) electrons. The fourth-order valence-electron chi connectivity index (χ4n) is 6.52. The lowest BCUT2D eigenvalue weighted by Crippen LogP contribution is -2.47. The molecule has 2 aliphatic rings. The van der Waals surface area contributed by atoms with Crippen LogP contribution in [0.15, 0.2) is 84.9 Å². The van der Waals surface area contributed by atoms with Gasteiger partial charge < -0.3 is 15.7 Å². The van der Waals surface area contributed by atoms with Crippen LogP contribution in [0.4, 0.5) is 33.5 Å². The van der Waals surface area contributed by atoms with Gasteiger partial charge in [0, 0.05) is 68.4 Å². The van der Waals surface area contributed by atoms with Crippen molar-refractivity contribution in [2.24, 2.45) is 0 Å². The number of nitrogens with one attached hydrogen (secondary N) is 4. The topological polar surface area (TPSA) is 160 Å². The van der Waals surface area contributed by atoms with Crippen LogP contribution in [0.3, 0.4) is 0 Å². The first-order valence-corrected chi connectivity index (χ1v) is 17.9. The summed E-state index contributed by atoms with van der Waals surface area (Å²) in [6, 6.07) is 24.3. The van der Waals surface area contributed by atoms with Crippen LogP contribution in [0.2, 0.25) is 0 Å². The Morgan fingerprint density at radius 3 is 1.91 bits per heavy atom. The van der Waals surface area contributed by atoms with Crippen molar-refractivity contribution in [1.82, 2.24) is 25.3 Å². The average molecular weight is 792 g/mol. The first kappa shape index (κ1) is 40.5. The van der Waals surface area contributed by atoms with Crippen molar-refractivity contribution >= 4 is 46.1 Å². The predicted molar refractivity (Wildman–Crippen MR) is 200 cm³/mol. The summed E-state index contributed by atoms with van der Waals surface area (Å²) >= 11 is 0. The molecule has 2 fully saturated rings. The zero-order valence-electron chi connectivity index (χ0n) is 30.3. The number of halogens is 5. The number of hydrogen-bond donors (Lipinski definition) is 5. The smallest absolute Gasteiger partial charge is 0.475 e. The maximum absolute atomic E-state index is 13.7. The van der Waals surface area contributed by atoms with Crippen molar-refractivity contribution in [2.45, 2.75) is 44.6 Å². The van der Waals surface area contributed by atoms with Crippen molar-refractivity contribution in [2.75, 3.05) is 36.8 Å². The Kier molecular flexibility index (Phi) is 12.6. The van der Waals surface area contributed by atoms with E-state index in [1.807, 2.05) is 54.6 Å². The number of carbonyl (C=O) groups is 4. The van der Waals surface area contributed by atoms with Crippen LogP contribution in [0.5, 0.6) is 0 Å². The van der Waals surface area contributed by atoms with Crippen LogP contribution >= 0.6 is 0 Å². The number of piperidine rings is 1. The molecule has 0 saturated carbocycles. The third-order valence-corrected chi connectivity index (χ3v) is 9.46. The number of benzene rings is 4. The average Bonchev–Trinajstić information content (AvgIpc) is 3.55. The highest BCUT2D eigenvalue weighted by molar-refractivity contribution is 6.08. The number of aromatic amines is 1. The van der Waals surface area contributed by atoms with E-state index >= 15 is 0 Å². The Labute approximate surface area is 323 Å². The van der Waals surface area contributed by atoms with Crippen molar-refractivity contribution in [3.05, 3.63) is 124 Å². The maximum Gasteiger partial charge on any atom is 0.490 e. The summed E-state index contributed by atoms with van der Waals surface area (Å²) in [7, 11) is 0. The van der Waals surface area contributed by atoms with E-state index in [4.69, 9.17) is 9.90 Å². The van der Waals surface area contributed by atoms with Gasteiger partial charge in [0.2, 0.25) is 11.8 Å². The molecule has 57 heavy (non-hydrogen) atoms. The van der Waals surface area contributed by atoms with Gasteiger partial charge in [-0.3, -0.25) is 34.6 Å². The highest BCUT2D eigenvalue weighted by Crippen LogP contribution is 2.25. The van der Waals surface area contributed by atoms with Gasteiger partial charge in [-0.1, -0.05) is 30.3 Å². The van der Waals surface area contributed by atoms with E-state index in [0.29, 0.717) is 41.6 Å². The van der Waals surface area contributed by atoms with Crippen molar-refractivity contribution in [1.29, 1.82) is 0 Å². The second-order valence-corrected chi connectivity index (χ2v) is 13.8. The quantitative estimate of drug-likeness (QED) is 0.0864. The molecule has 1 aromatic heterocycles. The Morgan fingerprint density at radius 1 is 0.789 bits per heavy atom. The maximum atomic E-state index is 13.7. The molecule has 4 aromatic carbocycles. The number of carboxylic acid groups (broad SMARTS) is 1. The minimum atomic E-state index is -5.08. The summed E-state index contributed by atoms with van der Waals surface area (Å²) in [6.45, 7) is 5.37. The van der Waals surface area contributed by atoms with Gasteiger partial charge in [0.15, 0.2) is 5.82 Å². The molecule has 3 heterocycles. The first-order valence-electron chi connectivity index (χ1n) is 17.9. The number of imide groups is 1. The second-order valence-electron chi connectivity index (χ2n) is 13.8. The number of carbonyl (C=O) groups excluding carboxylic acids is 3. The van der Waals surface area contributed by atoms with Crippen LogP contribution < -0.4 is 16.0 Å². The van der Waals surface area contributed by atoms with Gasteiger partial charge in [0.1, 0.15) is 17.7 Å². The second kappa shape index (κ2) is 17.7. The van der Waals surface area contributed by atoms with E-state index < -0.39 is 29.8 Å². The van der Waals surface area contributed by atoms with Gasteiger partial charge in [-0.25, -0.2) is 13.6 Å². The molecule has 1 atom stereocenters. The fourth-order valence-corrected chi connectivity index (χ4v) is 6.52. The number of fused-ring (bicyclic) bond motifs is 1. The lowest BCUT2D eigenvalue weighted by molar-refractivity contribution is -0.192. The summed E-state index contributed by atoms with van der Waals surface area (Å²) < 4.78 is 59.1. The number of rotatable bonds is 10. The van der Waals surface area contributed by atoms with E-state index in [-0.39, 0.29) is 17.7 Å². The SMILES string of the molecule is O=C(O)C(F)(F)F.O=C1CCC(Nc2ccc(CN3CCN(Cc4ccc(C(=O)Nc5n[nH]c6ccc(Cc7cc(F)cc(F)c7)cc56)cc4)CC3)cc2)C(=O)N1. The van der Waals surface area contributed by atoms with E-state index in [9.17, 15) is 36.3 Å². The Bertz CT molecular complexity index is 2220. The first-order chi connectivity index (χ1) is 27.2. The van der Waals surface area contributed by atoms with Crippen LogP contribution in [-0.2, 0) is 33.9 Å². The minimum Gasteiger partial charge on any atom is -0.475 e. The minimum absolute atomic E-state index is 0.221. The highest BCUT2D eigenvalue weighted by atomic mass is 19.4. The number of amides is 3. The standard InChI is InChI=1S/C38H37F2N7O3.C2HF3O2/c39-29-18-27(19-30(40)21-29)17-26-5-10-33-32(20-26)36(45-44-33)43-37(49)28-6-1-24(2-7-28)22-46-13-15-47(16-14-46)23-25-3-8-31(9-4-25)41-34-11-12-35(48)42-38(34)50;3-2(4,5)1(6)7/h1-10,18-21,34,41H,11-17,22-23H2,(H,42,48,50)(H2,43,44,45,49);(H,6,7). The predicted octanol–water partition coefficient (Wildman–Crippen LogP) is 5.85. The number of hydrogen-bond acceptors (Lipinski definition) is 8. The van der Waals surface area contributed by atoms with Crippen LogP contribution in [0, 0.1) is 11.6 Å². The van der Waals surface area contributed by atoms with E-state index in [1.54, 1.807) is 0 Å². The Morgan fingerprint density at radius 2 is 1.35 bits per heavy atom. The molecule has 5 aromatic rings. The largest absolute Gasteiger partial charge is 0.490 e. The number of carboxylic acids is 1. The lowest BCUT2D eigenvalue weighted by atomic mass is 10.0. The van der Waals surface area contributed by atoms with Crippen molar-refractivity contribution in [3.8, 4) is 0 Å². The van der Waals surface area contributed by atoms with E-state index in [1.165, 1.54) is 17.7 Å². The molecule has 5 N–H and O–H groups in total. The molecule has 2 aliphatic heterocycles. The summed E-state index contributed by atoms with van der Waals surface area (Å²) in [6.07, 6.45) is -3.91. The number of alkyl halides is 3. The number of aromatic nitrogens is 2. The van der Waals surface area contributed by atoms with Gasteiger partial charge >= 0.3 is 12.1 Å². The molecule has 0 spiro atoms. The van der Waals surface area contributed by atoms with Crippen LogP contribution in [-0.4, -0.2) is 87.2 Å². The van der Waals surface area contributed by atoms with Gasteiger partial charge in [-0.2, -0.15) is 18.3 Å². The molecule has 1 unspecified atom stereocenters. The van der Waals surface area contributed by atoms with Gasteiger partial charge in [-0.15, -0.1) is 0 Å². The monoisotopic (exact) mass is 791 g/mol. The number of aliphatic carboxylic acids is 1. The number of anilines is 2. The fraction of sp³-hybridized carbons (Fsp3) is 0.275. The lowest BCUT2D eigenvalue weighted by Gasteiger charge is -2.34. The zero-order valence-corrected chi connectivity index (χ0v) is 30.3. The Hall–Kier alpha value is -6.20. The third kappa shape index (κ3) is 11.2. The van der Waals surface area contributed by atoms with E-state index in [2.05, 4.69) is 48.1 Å². The molecule has 12 nitrogen and oxygen atoms in total. The molecular weight excluding hydrogens is 753 g/mol. The molecule has 2 saturated heterocycles. The van der Waals surface area contributed by atoms with Gasteiger partial charge in [-0.05, 0) is 83.6 Å². The van der Waals surface area contributed by atoms with Gasteiger partial charge in [0.25, 0.3) is 5.91 Å². The van der Waals surface area contributed by atoms with E-state index in [0.717, 1.165) is 67.7 Å². The number of H-pyrrole nitrogens is 1. The highest BCUT2D eigenvalue weighted by Gasteiger charge is 2.38. The Balaban J connectivity index is 0.000000719. The van der Waals surface area contributed by atoms with Crippen LogP contribution in [0.25, 0.3) is 10.9 Å². The summed E-state index contributed by atoms with van der Waals surface area (Å²) in [5.41, 5.74) is 5.78. The van der Waals surface area contributed by atoms with Gasteiger partial charge in [0.05, 0.1) is 5.52 Å². The van der Waals surface area contributed by atoms with Crippen molar-refractivity contribution in [3.63, 3.8) is 0 Å². The molecule has 3 amide bonds. The molecule has 0 bridgehead atoms. The third-order valence-electron chi connectivity index (χ3n) is 9.46. The summed E-state index contributed by atoms with van der Waals surface area (Å²) in [4.78, 5) is 50.3. The number of nitrogens with zero attached hydrogens (tertiary/aromatic N) is 3. The molecule has 298 valence electrons. The summed E-state index contributed by atoms with van der Waals surface area (Å²) in [5.74, 6) is -4.39. The summed E-state index contributed by atoms with van der Waals surface area (Å²) in [5, 5.41) is 23.5. The molecule has 0 aliphatic carbocycles. The molecule has 7 rings (SSSR count). The normalized spacial score (nSPS) is 16.4. The molecular formula is C40H38F5N7O5. The molecule has 17 heteroatoms.